The van der Waals surface area contributed by atoms with Crippen LogP contribution in [0.25, 0.3) is 22.6 Å². The lowest BCUT2D eigenvalue weighted by molar-refractivity contribution is 0.613. The number of nitrogens with zero attached hydrogens (tertiary/aromatic N) is 1. The van der Waals surface area contributed by atoms with Crippen molar-refractivity contribution in [3.05, 3.63) is 46.6 Å². The number of fused-ring (bicyclic) bond motifs is 2. The molecule has 1 aliphatic carbocycles. The minimum atomic E-state index is -0.0626. The summed E-state index contributed by atoms with van der Waals surface area (Å²) in [6, 6.07) is 10.7. The zero-order chi connectivity index (χ0) is 12.7. The molecule has 3 nitrogen and oxygen atoms in total. The third-order valence-corrected chi connectivity index (χ3v) is 3.04. The highest BCUT2D eigenvalue weighted by molar-refractivity contribution is 6.70. The molecule has 2 aliphatic rings. The molecule has 0 aromatic heterocycles. The van der Waals surface area contributed by atoms with Gasteiger partial charge in [-0.15, -0.1) is 0 Å². The van der Waals surface area contributed by atoms with Crippen LogP contribution < -0.4 is 10.9 Å². The molecular weight excluding hydrogens is 225 g/mol. The summed E-state index contributed by atoms with van der Waals surface area (Å²) in [6.07, 6.45) is 0. The molecule has 0 spiro atoms. The van der Waals surface area contributed by atoms with E-state index in [1.165, 1.54) is 17.6 Å². The SMILES string of the molecule is CB(C)c1ccc2nc3ccc(=O)cc-3oc2c1. The standard InChI is InChI=1S/C14H12BNO2/c1-15(2)9-3-5-11-13(7-9)18-14-8-10(17)4-6-12(14)16-11/h3-8H,1-2H3. The van der Waals surface area contributed by atoms with Crippen LogP contribution in [-0.4, -0.2) is 11.7 Å². The van der Waals surface area contributed by atoms with Crippen LogP contribution in [0.3, 0.4) is 0 Å². The Morgan fingerprint density at radius 3 is 2.72 bits per heavy atom. The third kappa shape index (κ3) is 1.80. The van der Waals surface area contributed by atoms with Gasteiger partial charge in [0.2, 0.25) is 0 Å². The van der Waals surface area contributed by atoms with Gasteiger partial charge >= 0.3 is 0 Å². The highest BCUT2D eigenvalue weighted by Gasteiger charge is 2.10. The van der Waals surface area contributed by atoms with Crippen molar-refractivity contribution in [3.8, 4) is 11.5 Å². The second-order valence-corrected chi connectivity index (χ2v) is 4.73. The van der Waals surface area contributed by atoms with Gasteiger partial charge in [0.05, 0.1) is 0 Å². The van der Waals surface area contributed by atoms with Gasteiger partial charge in [-0.2, -0.15) is 0 Å². The van der Waals surface area contributed by atoms with Crippen molar-refractivity contribution in [2.45, 2.75) is 13.6 Å². The molecule has 88 valence electrons. The fraction of sp³-hybridized carbons (Fsp3) is 0.143. The van der Waals surface area contributed by atoms with Gasteiger partial charge in [0.15, 0.2) is 23.5 Å². The van der Waals surface area contributed by atoms with Crippen LogP contribution in [0.5, 0.6) is 0 Å². The average molecular weight is 237 g/mol. The Morgan fingerprint density at radius 1 is 1.11 bits per heavy atom. The molecule has 0 saturated carbocycles. The van der Waals surface area contributed by atoms with Gasteiger partial charge in [0, 0.05) is 6.07 Å². The molecule has 0 N–H and O–H groups in total. The van der Waals surface area contributed by atoms with Crippen molar-refractivity contribution in [2.75, 3.05) is 0 Å². The van der Waals surface area contributed by atoms with Gasteiger partial charge in [0.25, 0.3) is 0 Å². The molecule has 1 aromatic carbocycles. The van der Waals surface area contributed by atoms with Crippen LogP contribution in [0.2, 0.25) is 13.6 Å². The van der Waals surface area contributed by atoms with E-state index >= 15 is 0 Å². The van der Waals surface area contributed by atoms with Gasteiger partial charge in [0.1, 0.15) is 11.2 Å². The number of aromatic nitrogens is 1. The van der Waals surface area contributed by atoms with Gasteiger partial charge < -0.3 is 4.42 Å². The topological polar surface area (TPSA) is 43.1 Å². The lowest BCUT2D eigenvalue weighted by Gasteiger charge is -2.07. The highest BCUT2D eigenvalue weighted by atomic mass is 16.3. The Morgan fingerprint density at radius 2 is 1.94 bits per heavy atom. The van der Waals surface area contributed by atoms with Crippen molar-refractivity contribution in [1.82, 2.24) is 4.98 Å². The Labute approximate surface area is 105 Å². The minimum Gasteiger partial charge on any atom is -0.453 e. The molecule has 4 heteroatoms. The minimum absolute atomic E-state index is 0.0626. The Bertz CT molecular complexity index is 748. The fourth-order valence-corrected chi connectivity index (χ4v) is 1.98. The molecule has 1 aromatic rings. The van der Waals surface area contributed by atoms with Crippen molar-refractivity contribution < 1.29 is 4.42 Å². The summed E-state index contributed by atoms with van der Waals surface area (Å²) < 4.78 is 5.76. The third-order valence-electron chi connectivity index (χ3n) is 3.04. The number of hydrogen-bond donors (Lipinski definition) is 0. The summed E-state index contributed by atoms with van der Waals surface area (Å²) in [5.74, 6) is 0.538. The van der Waals surface area contributed by atoms with Crippen molar-refractivity contribution in [3.63, 3.8) is 0 Å². The first-order valence-corrected chi connectivity index (χ1v) is 5.98. The molecule has 0 amide bonds. The van der Waals surface area contributed by atoms with Crippen LogP contribution in [-0.2, 0) is 0 Å². The van der Waals surface area contributed by atoms with E-state index in [1.54, 1.807) is 6.07 Å². The number of benzene rings is 2. The molecule has 0 atom stereocenters. The van der Waals surface area contributed by atoms with Gasteiger partial charge in [-0.05, 0) is 24.3 Å². The lowest BCUT2D eigenvalue weighted by Crippen LogP contribution is -2.21. The van der Waals surface area contributed by atoms with Crippen molar-refractivity contribution in [1.29, 1.82) is 0 Å². The monoisotopic (exact) mass is 237 g/mol. The maximum absolute atomic E-state index is 11.3. The van der Waals surface area contributed by atoms with Gasteiger partial charge in [-0.25, -0.2) is 4.98 Å². The summed E-state index contributed by atoms with van der Waals surface area (Å²) in [5, 5.41) is 0. The molecule has 1 aliphatic heterocycles. The fourth-order valence-electron chi connectivity index (χ4n) is 1.98. The summed E-state index contributed by atoms with van der Waals surface area (Å²) in [7, 11) is 0. The Balaban J connectivity index is 2.33. The van der Waals surface area contributed by atoms with E-state index < -0.39 is 0 Å². The summed E-state index contributed by atoms with van der Waals surface area (Å²) in [5.41, 5.74) is 3.38. The van der Waals surface area contributed by atoms with E-state index in [-0.39, 0.29) is 5.43 Å². The van der Waals surface area contributed by atoms with Crippen LogP contribution in [0.4, 0.5) is 0 Å². The van der Waals surface area contributed by atoms with E-state index in [4.69, 9.17) is 4.42 Å². The highest BCUT2D eigenvalue weighted by Crippen LogP contribution is 2.22. The van der Waals surface area contributed by atoms with Gasteiger partial charge in [-0.3, -0.25) is 4.79 Å². The molecule has 1 heterocycles. The molecule has 0 unspecified atom stereocenters. The quantitative estimate of drug-likeness (QED) is 0.481. The Hall–Kier alpha value is -2.10. The van der Waals surface area contributed by atoms with Crippen LogP contribution >= 0.6 is 0 Å². The smallest absolute Gasteiger partial charge is 0.182 e. The second kappa shape index (κ2) is 3.98. The Kier molecular flexibility index (Phi) is 2.44. The molecule has 18 heavy (non-hydrogen) atoms. The van der Waals surface area contributed by atoms with Gasteiger partial charge in [-0.1, -0.05) is 25.2 Å². The van der Waals surface area contributed by atoms with Crippen LogP contribution in [0, 0.1) is 0 Å². The summed E-state index contributed by atoms with van der Waals surface area (Å²) in [6.45, 7) is 4.70. The second-order valence-electron chi connectivity index (χ2n) is 4.73. The number of rotatable bonds is 1. The van der Waals surface area contributed by atoms with E-state index in [1.807, 2.05) is 12.1 Å². The molecule has 3 rings (SSSR count). The van der Waals surface area contributed by atoms with E-state index in [2.05, 4.69) is 24.7 Å². The van der Waals surface area contributed by atoms with Crippen molar-refractivity contribution in [2.24, 2.45) is 0 Å². The first-order chi connectivity index (χ1) is 8.63. The first-order valence-electron chi connectivity index (χ1n) is 5.98. The number of hydrogen-bond acceptors (Lipinski definition) is 3. The zero-order valence-corrected chi connectivity index (χ0v) is 10.3. The molecular formula is C14H12BNO2. The molecule has 0 saturated heterocycles. The van der Waals surface area contributed by atoms with Crippen LogP contribution in [0.15, 0.2) is 45.6 Å². The summed E-state index contributed by atoms with van der Waals surface area (Å²) in [4.78, 5) is 15.8. The normalized spacial score (nSPS) is 11.0. The van der Waals surface area contributed by atoms with E-state index in [9.17, 15) is 4.79 Å². The van der Waals surface area contributed by atoms with Crippen LogP contribution in [0.1, 0.15) is 0 Å². The molecule has 0 radical (unpaired) electrons. The molecule has 0 bridgehead atoms. The molecule has 0 fully saturated rings. The van der Waals surface area contributed by atoms with E-state index in [0.717, 1.165) is 11.1 Å². The average Bonchev–Trinajstić information content (AvgIpc) is 2.35. The lowest BCUT2D eigenvalue weighted by atomic mass is 9.49. The van der Waals surface area contributed by atoms with E-state index in [0.29, 0.717) is 18.2 Å². The van der Waals surface area contributed by atoms with Crippen molar-refractivity contribution >= 4 is 23.3 Å². The predicted octanol–water partition coefficient (Wildman–Crippen LogP) is 2.25. The maximum atomic E-state index is 11.3. The first kappa shape index (κ1) is 11.0. The summed E-state index contributed by atoms with van der Waals surface area (Å²) >= 11 is 0. The zero-order valence-electron chi connectivity index (χ0n) is 10.3. The predicted molar refractivity (Wildman–Crippen MR) is 74.0 cm³/mol. The maximum Gasteiger partial charge on any atom is 0.182 e. The largest absolute Gasteiger partial charge is 0.453 e.